The Morgan fingerprint density at radius 1 is 1.08 bits per heavy atom. The fourth-order valence-corrected chi connectivity index (χ4v) is 2.28. The van der Waals surface area contributed by atoms with Gasteiger partial charge in [0.15, 0.2) is 0 Å². The molecule has 1 aromatic rings. The average molecular weight is 365 g/mol. The molecule has 0 saturated heterocycles. The van der Waals surface area contributed by atoms with Crippen LogP contribution < -0.4 is 5.32 Å². The lowest BCUT2D eigenvalue weighted by atomic mass is 9.93. The van der Waals surface area contributed by atoms with E-state index in [0.29, 0.717) is 0 Å². The van der Waals surface area contributed by atoms with Crippen LogP contribution >= 0.6 is 0 Å². The Kier molecular flexibility index (Phi) is 8.83. The Morgan fingerprint density at radius 3 is 2.27 bits per heavy atom. The van der Waals surface area contributed by atoms with Gasteiger partial charge in [-0.25, -0.2) is 4.79 Å². The summed E-state index contributed by atoms with van der Waals surface area (Å²) in [5, 5.41) is 2.39. The molecule has 26 heavy (non-hydrogen) atoms. The number of ether oxygens (including phenoxy) is 3. The summed E-state index contributed by atoms with van der Waals surface area (Å²) in [6.45, 7) is 2.84. The van der Waals surface area contributed by atoms with Gasteiger partial charge in [0.2, 0.25) is 0 Å². The van der Waals surface area contributed by atoms with Crippen molar-refractivity contribution in [1.82, 2.24) is 5.32 Å². The molecule has 0 aliphatic carbocycles. The van der Waals surface area contributed by atoms with Crippen molar-refractivity contribution >= 4 is 23.8 Å². The quantitative estimate of drug-likeness (QED) is 0.402. The Labute approximate surface area is 151 Å². The van der Waals surface area contributed by atoms with Gasteiger partial charge in [0.25, 0.3) is 0 Å². The number of carbonyl (C=O) groups excluding carboxylic acids is 4. The molecule has 0 aliphatic heterocycles. The van der Waals surface area contributed by atoms with Gasteiger partial charge in [-0.05, 0) is 19.4 Å². The highest BCUT2D eigenvalue weighted by atomic mass is 16.6. The van der Waals surface area contributed by atoms with Crippen molar-refractivity contribution in [3.63, 3.8) is 0 Å². The van der Waals surface area contributed by atoms with E-state index in [4.69, 9.17) is 9.47 Å². The molecule has 0 bridgehead atoms. The predicted octanol–water partition coefficient (Wildman–Crippen LogP) is 1.61. The number of rotatable bonds is 9. The third kappa shape index (κ3) is 6.92. The normalized spacial score (nSPS) is 12.4. The van der Waals surface area contributed by atoms with E-state index in [1.165, 1.54) is 14.0 Å². The number of benzene rings is 1. The summed E-state index contributed by atoms with van der Waals surface area (Å²) in [6.07, 6.45) is -1.24. The molecule has 1 rings (SSSR count). The van der Waals surface area contributed by atoms with Crippen LogP contribution in [0.25, 0.3) is 0 Å². The van der Waals surface area contributed by atoms with Crippen molar-refractivity contribution in [3.8, 4) is 0 Å². The maximum Gasteiger partial charge on any atom is 0.407 e. The minimum Gasteiger partial charge on any atom is -0.469 e. The smallest absolute Gasteiger partial charge is 0.407 e. The Bertz CT molecular complexity index is 630. The van der Waals surface area contributed by atoms with Crippen LogP contribution in [0.2, 0.25) is 0 Å². The molecule has 8 heteroatoms. The SMILES string of the molecule is CCOC(=O)C(C(C)=O)C(CC(=O)OC)NC(=O)OCc1ccccc1. The summed E-state index contributed by atoms with van der Waals surface area (Å²) in [5.74, 6) is -3.38. The van der Waals surface area contributed by atoms with Crippen LogP contribution in [0, 0.1) is 5.92 Å². The van der Waals surface area contributed by atoms with Gasteiger partial charge >= 0.3 is 18.0 Å². The molecule has 0 heterocycles. The third-order valence-electron chi connectivity index (χ3n) is 3.51. The monoisotopic (exact) mass is 365 g/mol. The van der Waals surface area contributed by atoms with Crippen molar-refractivity contribution in [2.45, 2.75) is 32.9 Å². The number of methoxy groups -OCH3 is 1. The van der Waals surface area contributed by atoms with Crippen LogP contribution in [-0.2, 0) is 35.2 Å². The number of amides is 1. The van der Waals surface area contributed by atoms with Crippen LogP contribution in [0.3, 0.4) is 0 Å². The van der Waals surface area contributed by atoms with E-state index >= 15 is 0 Å². The van der Waals surface area contributed by atoms with Gasteiger partial charge in [-0.1, -0.05) is 30.3 Å². The first kappa shape index (κ1) is 21.1. The highest BCUT2D eigenvalue weighted by Crippen LogP contribution is 2.14. The molecule has 1 N–H and O–H groups in total. The molecular weight excluding hydrogens is 342 g/mol. The Hall–Kier alpha value is -2.90. The van der Waals surface area contributed by atoms with Crippen molar-refractivity contribution in [3.05, 3.63) is 35.9 Å². The van der Waals surface area contributed by atoms with Crippen LogP contribution in [0.4, 0.5) is 4.79 Å². The number of alkyl carbamates (subject to hydrolysis) is 1. The van der Waals surface area contributed by atoms with E-state index < -0.39 is 35.8 Å². The van der Waals surface area contributed by atoms with E-state index in [1.807, 2.05) is 6.07 Å². The first-order valence-electron chi connectivity index (χ1n) is 8.10. The number of nitrogens with one attached hydrogen (secondary N) is 1. The van der Waals surface area contributed by atoms with Gasteiger partial charge in [0, 0.05) is 0 Å². The second kappa shape index (κ2) is 10.9. The average Bonchev–Trinajstić information content (AvgIpc) is 2.60. The minimum atomic E-state index is -1.33. The number of hydrogen-bond acceptors (Lipinski definition) is 7. The number of Topliss-reactive ketones (excluding diaryl/α,β-unsaturated/α-hetero) is 1. The summed E-state index contributed by atoms with van der Waals surface area (Å²) < 4.78 is 14.5. The number of carbonyl (C=O) groups is 4. The van der Waals surface area contributed by atoms with Crippen LogP contribution in [0.5, 0.6) is 0 Å². The molecule has 1 amide bonds. The topological polar surface area (TPSA) is 108 Å². The van der Waals surface area contributed by atoms with Crippen LogP contribution in [0.15, 0.2) is 30.3 Å². The number of esters is 2. The van der Waals surface area contributed by atoms with Gasteiger partial charge in [0.1, 0.15) is 18.3 Å². The summed E-state index contributed by atoms with van der Waals surface area (Å²) in [4.78, 5) is 47.6. The zero-order valence-electron chi connectivity index (χ0n) is 15.0. The highest BCUT2D eigenvalue weighted by Gasteiger charge is 2.36. The molecule has 142 valence electrons. The van der Waals surface area contributed by atoms with Gasteiger partial charge in [-0.2, -0.15) is 0 Å². The van der Waals surface area contributed by atoms with E-state index in [9.17, 15) is 19.2 Å². The second-order valence-electron chi connectivity index (χ2n) is 5.43. The van der Waals surface area contributed by atoms with Crippen molar-refractivity contribution in [1.29, 1.82) is 0 Å². The molecule has 8 nitrogen and oxygen atoms in total. The van der Waals surface area contributed by atoms with Crippen LogP contribution in [0.1, 0.15) is 25.8 Å². The van der Waals surface area contributed by atoms with Gasteiger partial charge in [-0.15, -0.1) is 0 Å². The van der Waals surface area contributed by atoms with E-state index in [0.717, 1.165) is 5.56 Å². The summed E-state index contributed by atoms with van der Waals surface area (Å²) in [6, 6.07) is 7.83. The third-order valence-corrected chi connectivity index (χ3v) is 3.51. The van der Waals surface area contributed by atoms with Crippen LogP contribution in [-0.4, -0.2) is 43.6 Å². The van der Waals surface area contributed by atoms with E-state index in [1.54, 1.807) is 31.2 Å². The second-order valence-corrected chi connectivity index (χ2v) is 5.43. The summed E-state index contributed by atoms with van der Waals surface area (Å²) in [7, 11) is 1.17. The zero-order valence-corrected chi connectivity index (χ0v) is 15.0. The number of ketones is 1. The number of hydrogen-bond donors (Lipinski definition) is 1. The minimum absolute atomic E-state index is 0.00175. The lowest BCUT2D eigenvalue weighted by molar-refractivity contribution is -0.153. The molecule has 2 atom stereocenters. The lowest BCUT2D eigenvalue weighted by Gasteiger charge is -2.23. The maximum absolute atomic E-state index is 12.1. The molecule has 0 aliphatic rings. The molecule has 2 unspecified atom stereocenters. The molecule has 0 saturated carbocycles. The first-order valence-corrected chi connectivity index (χ1v) is 8.10. The molecule has 0 spiro atoms. The van der Waals surface area contributed by atoms with Crippen molar-refractivity contribution in [2.24, 2.45) is 5.92 Å². The highest BCUT2D eigenvalue weighted by molar-refractivity contribution is 5.99. The molecule has 1 aromatic carbocycles. The van der Waals surface area contributed by atoms with E-state index in [-0.39, 0.29) is 19.6 Å². The standard InChI is InChI=1S/C18H23NO7/c1-4-25-17(22)16(12(2)20)14(10-15(21)24-3)19-18(23)26-11-13-8-6-5-7-9-13/h5-9,14,16H,4,10-11H2,1-3H3,(H,19,23). The maximum atomic E-state index is 12.1. The molecule has 0 radical (unpaired) electrons. The Balaban J connectivity index is 2.83. The lowest BCUT2D eigenvalue weighted by Crippen LogP contribution is -2.48. The zero-order chi connectivity index (χ0) is 19.5. The van der Waals surface area contributed by atoms with Gasteiger partial charge in [-0.3, -0.25) is 14.4 Å². The fraction of sp³-hybridized carbons (Fsp3) is 0.444. The molecule has 0 fully saturated rings. The largest absolute Gasteiger partial charge is 0.469 e. The van der Waals surface area contributed by atoms with Crippen molar-refractivity contribution in [2.75, 3.05) is 13.7 Å². The van der Waals surface area contributed by atoms with Gasteiger partial charge < -0.3 is 19.5 Å². The van der Waals surface area contributed by atoms with Crippen molar-refractivity contribution < 1.29 is 33.4 Å². The first-order chi connectivity index (χ1) is 12.4. The predicted molar refractivity (Wildman–Crippen MR) is 91.0 cm³/mol. The van der Waals surface area contributed by atoms with Gasteiger partial charge in [0.05, 0.1) is 26.2 Å². The summed E-state index contributed by atoms with van der Waals surface area (Å²) >= 11 is 0. The molecular formula is C18H23NO7. The Morgan fingerprint density at radius 2 is 1.73 bits per heavy atom. The summed E-state index contributed by atoms with van der Waals surface area (Å²) in [5.41, 5.74) is 0.765. The fourth-order valence-electron chi connectivity index (χ4n) is 2.28. The van der Waals surface area contributed by atoms with E-state index in [2.05, 4.69) is 10.1 Å². The molecule has 0 aromatic heterocycles.